The van der Waals surface area contributed by atoms with Crippen LogP contribution in [0.2, 0.25) is 5.02 Å². The van der Waals surface area contributed by atoms with E-state index in [0.29, 0.717) is 16.5 Å². The Bertz CT molecular complexity index is 728. The number of anilines is 1. The fraction of sp³-hybridized carbons (Fsp3) is 0.188. The smallest absolute Gasteiger partial charge is 0.319 e. The van der Waals surface area contributed by atoms with E-state index in [4.69, 9.17) is 21.1 Å². The Morgan fingerprint density at radius 3 is 2.62 bits per heavy atom. The van der Waals surface area contributed by atoms with Crippen LogP contribution in [-0.2, 0) is 0 Å². The van der Waals surface area contributed by atoms with Crippen molar-refractivity contribution in [3.63, 3.8) is 0 Å². The first-order chi connectivity index (χ1) is 11.5. The normalized spacial score (nSPS) is 10.2. The van der Waals surface area contributed by atoms with Gasteiger partial charge in [-0.2, -0.15) is 0 Å². The van der Waals surface area contributed by atoms with Crippen molar-refractivity contribution in [3.05, 3.63) is 53.1 Å². The van der Waals surface area contributed by atoms with Gasteiger partial charge in [0, 0.05) is 11.8 Å². The Morgan fingerprint density at radius 2 is 1.96 bits per heavy atom. The first-order valence-electron chi connectivity index (χ1n) is 6.96. The van der Waals surface area contributed by atoms with Gasteiger partial charge in [0.1, 0.15) is 18.1 Å². The molecular weight excluding hydrogens is 342 g/mol. The van der Waals surface area contributed by atoms with Crippen LogP contribution in [0.25, 0.3) is 0 Å². The second kappa shape index (κ2) is 8.35. The van der Waals surface area contributed by atoms with Crippen molar-refractivity contribution >= 4 is 23.3 Å². The van der Waals surface area contributed by atoms with Crippen LogP contribution in [0.3, 0.4) is 0 Å². The van der Waals surface area contributed by atoms with Crippen LogP contribution in [0.4, 0.5) is 19.3 Å². The van der Waals surface area contributed by atoms with Crippen LogP contribution in [0.5, 0.6) is 11.5 Å². The minimum Gasteiger partial charge on any atom is -0.495 e. The maximum absolute atomic E-state index is 13.0. The molecule has 0 aliphatic rings. The van der Waals surface area contributed by atoms with Crippen LogP contribution in [0, 0.1) is 11.6 Å². The molecule has 24 heavy (non-hydrogen) atoms. The van der Waals surface area contributed by atoms with E-state index in [1.54, 1.807) is 18.2 Å². The molecule has 0 aliphatic carbocycles. The number of hydrogen-bond donors (Lipinski definition) is 2. The highest BCUT2D eigenvalue weighted by Gasteiger charge is 2.06. The van der Waals surface area contributed by atoms with E-state index in [0.717, 1.165) is 12.1 Å². The highest BCUT2D eigenvalue weighted by molar-refractivity contribution is 6.32. The first-order valence-corrected chi connectivity index (χ1v) is 7.33. The molecule has 2 rings (SSSR count). The number of rotatable bonds is 6. The minimum absolute atomic E-state index is 0.0991. The molecule has 0 aliphatic heterocycles. The number of benzene rings is 2. The van der Waals surface area contributed by atoms with Gasteiger partial charge in [0.2, 0.25) is 0 Å². The summed E-state index contributed by atoms with van der Waals surface area (Å²) < 4.78 is 36.0. The van der Waals surface area contributed by atoms with E-state index in [1.165, 1.54) is 13.2 Å². The lowest BCUT2D eigenvalue weighted by molar-refractivity contribution is 0.247. The standard InChI is InChI=1S/C16H15ClF2N2O3/c1-23-15-5-2-10(8-12(15)17)21-16(22)20-6-7-24-11-3-4-13(18)14(19)9-11/h2-5,8-9H,6-7H2,1H3,(H2,20,21,22). The molecule has 0 saturated carbocycles. The molecule has 0 heterocycles. The lowest BCUT2D eigenvalue weighted by atomic mass is 10.3. The predicted molar refractivity (Wildman–Crippen MR) is 86.9 cm³/mol. The van der Waals surface area contributed by atoms with Gasteiger partial charge < -0.3 is 20.1 Å². The van der Waals surface area contributed by atoms with E-state index in [2.05, 4.69) is 10.6 Å². The fourth-order valence-corrected chi connectivity index (χ4v) is 2.08. The number of hydrogen-bond acceptors (Lipinski definition) is 3. The van der Waals surface area contributed by atoms with Gasteiger partial charge >= 0.3 is 6.03 Å². The van der Waals surface area contributed by atoms with E-state index in [1.807, 2.05) is 0 Å². The molecule has 0 unspecified atom stereocenters. The number of carbonyl (C=O) groups excluding carboxylic acids is 1. The molecule has 2 N–H and O–H groups in total. The van der Waals surface area contributed by atoms with Crippen molar-refractivity contribution in [1.82, 2.24) is 5.32 Å². The molecule has 0 spiro atoms. The third-order valence-electron chi connectivity index (χ3n) is 2.96. The summed E-state index contributed by atoms with van der Waals surface area (Å²) in [4.78, 5) is 11.7. The van der Waals surface area contributed by atoms with Gasteiger partial charge in [0.05, 0.1) is 18.7 Å². The Morgan fingerprint density at radius 1 is 1.17 bits per heavy atom. The summed E-state index contributed by atoms with van der Waals surface area (Å²) in [5.41, 5.74) is 0.500. The van der Waals surface area contributed by atoms with Crippen LogP contribution >= 0.6 is 11.6 Å². The van der Waals surface area contributed by atoms with Crippen molar-refractivity contribution in [2.75, 3.05) is 25.6 Å². The molecule has 5 nitrogen and oxygen atoms in total. The van der Waals surface area contributed by atoms with Gasteiger partial charge in [-0.3, -0.25) is 0 Å². The molecule has 2 aromatic rings. The van der Waals surface area contributed by atoms with Gasteiger partial charge in [-0.25, -0.2) is 13.6 Å². The molecule has 2 amide bonds. The molecule has 0 radical (unpaired) electrons. The second-order valence-electron chi connectivity index (χ2n) is 4.65. The van der Waals surface area contributed by atoms with Crippen molar-refractivity contribution in [2.24, 2.45) is 0 Å². The van der Waals surface area contributed by atoms with Crippen molar-refractivity contribution < 1.29 is 23.0 Å². The third kappa shape index (κ3) is 4.99. The van der Waals surface area contributed by atoms with E-state index in [9.17, 15) is 13.6 Å². The molecule has 0 saturated heterocycles. The molecule has 0 aromatic heterocycles. The molecule has 2 aromatic carbocycles. The van der Waals surface area contributed by atoms with Gasteiger partial charge in [0.15, 0.2) is 11.6 Å². The van der Waals surface area contributed by atoms with Crippen molar-refractivity contribution in [2.45, 2.75) is 0 Å². The van der Waals surface area contributed by atoms with Crippen LogP contribution < -0.4 is 20.1 Å². The number of halogens is 3. The number of ether oxygens (including phenoxy) is 2. The fourth-order valence-electron chi connectivity index (χ4n) is 1.82. The second-order valence-corrected chi connectivity index (χ2v) is 5.06. The highest BCUT2D eigenvalue weighted by Crippen LogP contribution is 2.27. The summed E-state index contributed by atoms with van der Waals surface area (Å²) in [5, 5.41) is 5.52. The molecule has 0 atom stereocenters. The highest BCUT2D eigenvalue weighted by atomic mass is 35.5. The molecule has 8 heteroatoms. The van der Waals surface area contributed by atoms with Gasteiger partial charge in [-0.1, -0.05) is 11.6 Å². The maximum Gasteiger partial charge on any atom is 0.319 e. The summed E-state index contributed by atoms with van der Waals surface area (Å²) in [6, 6.07) is 7.58. The summed E-state index contributed by atoms with van der Waals surface area (Å²) in [7, 11) is 1.49. The summed E-state index contributed by atoms with van der Waals surface area (Å²) in [6.07, 6.45) is 0. The largest absolute Gasteiger partial charge is 0.495 e. The van der Waals surface area contributed by atoms with E-state index >= 15 is 0 Å². The lowest BCUT2D eigenvalue weighted by Crippen LogP contribution is -2.32. The Hall–Kier alpha value is -2.54. The molecule has 128 valence electrons. The quantitative estimate of drug-likeness (QED) is 0.773. The maximum atomic E-state index is 13.0. The summed E-state index contributed by atoms with van der Waals surface area (Å²) in [6.45, 7) is 0.274. The number of methoxy groups -OCH3 is 1. The Balaban J connectivity index is 1.75. The van der Waals surface area contributed by atoms with Crippen LogP contribution in [-0.4, -0.2) is 26.3 Å². The van der Waals surface area contributed by atoms with Crippen molar-refractivity contribution in [1.29, 1.82) is 0 Å². The number of nitrogens with one attached hydrogen (secondary N) is 2. The number of carbonyl (C=O) groups is 1. The van der Waals surface area contributed by atoms with E-state index < -0.39 is 17.7 Å². The van der Waals surface area contributed by atoms with Crippen molar-refractivity contribution in [3.8, 4) is 11.5 Å². The number of amides is 2. The van der Waals surface area contributed by atoms with Crippen LogP contribution in [0.1, 0.15) is 0 Å². The lowest BCUT2D eigenvalue weighted by Gasteiger charge is -2.10. The summed E-state index contributed by atoms with van der Waals surface area (Å²) >= 11 is 5.96. The Labute approximate surface area is 142 Å². The minimum atomic E-state index is -0.991. The zero-order valence-electron chi connectivity index (χ0n) is 12.7. The Kier molecular flexibility index (Phi) is 6.20. The number of urea groups is 1. The third-order valence-corrected chi connectivity index (χ3v) is 3.25. The molecular formula is C16H15ClF2N2O3. The van der Waals surface area contributed by atoms with Gasteiger partial charge in [-0.15, -0.1) is 0 Å². The SMILES string of the molecule is COc1ccc(NC(=O)NCCOc2ccc(F)c(F)c2)cc1Cl. The van der Waals surface area contributed by atoms with Crippen LogP contribution in [0.15, 0.2) is 36.4 Å². The van der Waals surface area contributed by atoms with E-state index in [-0.39, 0.29) is 18.9 Å². The molecule has 0 fully saturated rings. The topological polar surface area (TPSA) is 59.6 Å². The summed E-state index contributed by atoms with van der Waals surface area (Å²) in [5.74, 6) is -1.26. The monoisotopic (exact) mass is 356 g/mol. The predicted octanol–water partition coefficient (Wildman–Crippen LogP) is 3.83. The molecule has 0 bridgehead atoms. The first kappa shape index (κ1) is 17.8. The average Bonchev–Trinajstić information content (AvgIpc) is 2.55. The zero-order valence-corrected chi connectivity index (χ0v) is 13.5. The van der Waals surface area contributed by atoms with Gasteiger partial charge in [0.25, 0.3) is 0 Å². The average molecular weight is 357 g/mol. The van der Waals surface area contributed by atoms with Gasteiger partial charge in [-0.05, 0) is 30.3 Å². The zero-order chi connectivity index (χ0) is 17.5.